The predicted molar refractivity (Wildman–Crippen MR) is 75.1 cm³/mol. The van der Waals surface area contributed by atoms with Crippen LogP contribution in [0.4, 0.5) is 4.39 Å². The summed E-state index contributed by atoms with van der Waals surface area (Å²) in [7, 11) is 3.17. The second-order valence-corrected chi connectivity index (χ2v) is 4.61. The highest BCUT2D eigenvalue weighted by Gasteiger charge is 2.05. The number of rotatable bonds is 6. The van der Waals surface area contributed by atoms with Crippen LogP contribution >= 0.6 is 0 Å². The number of aryl methyl sites for hydroxylation is 1. The second-order valence-electron chi connectivity index (χ2n) is 4.61. The molecule has 0 fully saturated rings. The maximum absolute atomic E-state index is 13.0. The van der Waals surface area contributed by atoms with Crippen molar-refractivity contribution in [3.8, 4) is 5.75 Å². The molecule has 0 saturated carbocycles. The van der Waals surface area contributed by atoms with Gasteiger partial charge in [-0.3, -0.25) is 0 Å². The van der Waals surface area contributed by atoms with E-state index in [1.54, 1.807) is 26.4 Å². The normalized spacial score (nSPS) is 10.1. The number of ether oxygens (including phenoxy) is 2. The molecule has 0 amide bonds. The summed E-state index contributed by atoms with van der Waals surface area (Å²) in [6.45, 7) is 4.88. The van der Waals surface area contributed by atoms with Crippen LogP contribution in [0.5, 0.6) is 5.75 Å². The highest BCUT2D eigenvalue weighted by atomic mass is 19.1. The van der Waals surface area contributed by atoms with Crippen LogP contribution in [0.1, 0.15) is 25.8 Å². The third-order valence-electron chi connectivity index (χ3n) is 2.53. The van der Waals surface area contributed by atoms with E-state index in [-0.39, 0.29) is 12.4 Å². The van der Waals surface area contributed by atoms with Gasteiger partial charge in [-0.15, -0.1) is 0 Å². The lowest BCUT2D eigenvalue weighted by Crippen LogP contribution is -1.96. The van der Waals surface area contributed by atoms with E-state index < -0.39 is 0 Å². The Morgan fingerprint density at radius 2 is 1.95 bits per heavy atom. The third-order valence-corrected chi connectivity index (χ3v) is 2.53. The molecular weight excluding hydrogens is 247 g/mol. The van der Waals surface area contributed by atoms with Crippen molar-refractivity contribution in [1.82, 2.24) is 0 Å². The largest absolute Gasteiger partial charge is 0.496 e. The summed E-state index contributed by atoms with van der Waals surface area (Å²) < 4.78 is 22.6. The monoisotopic (exact) mass is 272 g/mol. The van der Waals surface area contributed by atoms with E-state index in [2.05, 4.69) is 18.6 Å². The molecule has 1 aromatic rings. The summed E-state index contributed by atoms with van der Waals surface area (Å²) in [4.78, 5) is 0. The van der Waals surface area contributed by atoms with Crippen LogP contribution in [0.15, 0.2) is 18.2 Å². The number of halogens is 1. The first-order chi connectivity index (χ1) is 9.04. The van der Waals surface area contributed by atoms with Gasteiger partial charge in [0, 0.05) is 7.11 Å². The SMILES string of the molecule is COCCO.COc1ccc(F)cc1CCC(C)C. The number of hydrogen-bond acceptors (Lipinski definition) is 3. The van der Waals surface area contributed by atoms with Gasteiger partial charge in [-0.05, 0) is 42.5 Å². The number of benzene rings is 1. The van der Waals surface area contributed by atoms with E-state index >= 15 is 0 Å². The summed E-state index contributed by atoms with van der Waals surface area (Å²) >= 11 is 0. The van der Waals surface area contributed by atoms with Crippen LogP contribution < -0.4 is 4.74 Å². The Balaban J connectivity index is 0.000000555. The molecule has 0 radical (unpaired) electrons. The minimum absolute atomic E-state index is 0.122. The van der Waals surface area contributed by atoms with Crippen molar-refractivity contribution in [3.05, 3.63) is 29.6 Å². The topological polar surface area (TPSA) is 38.7 Å². The molecule has 1 N–H and O–H groups in total. The molecule has 3 nitrogen and oxygen atoms in total. The van der Waals surface area contributed by atoms with Gasteiger partial charge in [0.1, 0.15) is 11.6 Å². The molecule has 1 aromatic carbocycles. The highest BCUT2D eigenvalue weighted by molar-refractivity contribution is 5.33. The van der Waals surface area contributed by atoms with Crippen LogP contribution in [0, 0.1) is 11.7 Å². The Bertz CT molecular complexity index is 338. The molecule has 0 saturated heterocycles. The van der Waals surface area contributed by atoms with Gasteiger partial charge in [-0.2, -0.15) is 0 Å². The Morgan fingerprint density at radius 3 is 2.37 bits per heavy atom. The van der Waals surface area contributed by atoms with E-state index in [1.807, 2.05) is 0 Å². The molecule has 0 unspecified atom stereocenters. The van der Waals surface area contributed by atoms with Gasteiger partial charge in [0.25, 0.3) is 0 Å². The first-order valence-electron chi connectivity index (χ1n) is 6.47. The number of methoxy groups -OCH3 is 2. The molecule has 0 aliphatic rings. The number of hydrogen-bond donors (Lipinski definition) is 1. The fourth-order valence-corrected chi connectivity index (χ4v) is 1.48. The number of aliphatic hydroxyl groups excluding tert-OH is 1. The maximum Gasteiger partial charge on any atom is 0.123 e. The minimum atomic E-state index is -0.190. The molecule has 0 spiro atoms. The third kappa shape index (κ3) is 8.56. The van der Waals surface area contributed by atoms with Gasteiger partial charge < -0.3 is 14.6 Å². The molecule has 0 aliphatic heterocycles. The zero-order valence-electron chi connectivity index (χ0n) is 12.3. The molecule has 19 heavy (non-hydrogen) atoms. The summed E-state index contributed by atoms with van der Waals surface area (Å²) in [5.41, 5.74) is 0.959. The molecular formula is C15H25FO3. The summed E-state index contributed by atoms with van der Waals surface area (Å²) in [5.74, 6) is 1.22. The van der Waals surface area contributed by atoms with Gasteiger partial charge in [0.05, 0.1) is 20.3 Å². The minimum Gasteiger partial charge on any atom is -0.496 e. The van der Waals surface area contributed by atoms with Crippen molar-refractivity contribution in [2.24, 2.45) is 5.92 Å². The average Bonchev–Trinajstić information content (AvgIpc) is 2.38. The zero-order chi connectivity index (χ0) is 14.7. The smallest absolute Gasteiger partial charge is 0.123 e. The Kier molecular flexibility index (Phi) is 10.1. The molecule has 0 aliphatic carbocycles. The zero-order valence-corrected chi connectivity index (χ0v) is 12.3. The van der Waals surface area contributed by atoms with Crippen LogP contribution in [-0.4, -0.2) is 32.5 Å². The van der Waals surface area contributed by atoms with Crippen molar-refractivity contribution in [1.29, 1.82) is 0 Å². The Labute approximate surface area is 115 Å². The van der Waals surface area contributed by atoms with E-state index in [0.29, 0.717) is 12.5 Å². The highest BCUT2D eigenvalue weighted by Crippen LogP contribution is 2.21. The lowest BCUT2D eigenvalue weighted by Gasteiger charge is -2.09. The predicted octanol–water partition coefficient (Wildman–Crippen LogP) is 3.05. The molecule has 4 heteroatoms. The molecule has 0 aromatic heterocycles. The van der Waals surface area contributed by atoms with Crippen molar-refractivity contribution in [2.75, 3.05) is 27.4 Å². The molecule has 110 valence electrons. The van der Waals surface area contributed by atoms with Crippen LogP contribution in [-0.2, 0) is 11.2 Å². The molecule has 0 atom stereocenters. The second kappa shape index (κ2) is 10.8. The molecule has 0 bridgehead atoms. The van der Waals surface area contributed by atoms with E-state index in [1.165, 1.54) is 6.07 Å². The summed E-state index contributed by atoms with van der Waals surface area (Å²) in [6.07, 6.45) is 1.93. The lowest BCUT2D eigenvalue weighted by atomic mass is 10.0. The fourth-order valence-electron chi connectivity index (χ4n) is 1.48. The van der Waals surface area contributed by atoms with Gasteiger partial charge in [0.2, 0.25) is 0 Å². The van der Waals surface area contributed by atoms with E-state index in [4.69, 9.17) is 9.84 Å². The Morgan fingerprint density at radius 1 is 1.26 bits per heavy atom. The summed E-state index contributed by atoms with van der Waals surface area (Å²) in [6, 6.07) is 4.67. The van der Waals surface area contributed by atoms with Crippen molar-refractivity contribution >= 4 is 0 Å². The molecule has 1 rings (SSSR count). The van der Waals surface area contributed by atoms with Crippen LogP contribution in [0.25, 0.3) is 0 Å². The van der Waals surface area contributed by atoms with Gasteiger partial charge >= 0.3 is 0 Å². The van der Waals surface area contributed by atoms with Gasteiger partial charge in [-0.1, -0.05) is 13.8 Å². The average molecular weight is 272 g/mol. The quantitative estimate of drug-likeness (QED) is 0.865. The summed E-state index contributed by atoms with van der Waals surface area (Å²) in [5, 5.41) is 7.94. The van der Waals surface area contributed by atoms with Crippen molar-refractivity contribution < 1.29 is 19.0 Å². The van der Waals surface area contributed by atoms with Crippen molar-refractivity contribution in [3.63, 3.8) is 0 Å². The van der Waals surface area contributed by atoms with Gasteiger partial charge in [0.15, 0.2) is 0 Å². The van der Waals surface area contributed by atoms with Crippen LogP contribution in [0.3, 0.4) is 0 Å². The lowest BCUT2D eigenvalue weighted by molar-refractivity contribution is 0.135. The van der Waals surface area contributed by atoms with E-state index in [0.717, 1.165) is 24.2 Å². The Hall–Kier alpha value is -1.13. The van der Waals surface area contributed by atoms with E-state index in [9.17, 15) is 4.39 Å². The van der Waals surface area contributed by atoms with Crippen molar-refractivity contribution in [2.45, 2.75) is 26.7 Å². The van der Waals surface area contributed by atoms with Gasteiger partial charge in [-0.25, -0.2) is 4.39 Å². The number of aliphatic hydroxyl groups is 1. The maximum atomic E-state index is 13.0. The first kappa shape index (κ1) is 17.9. The molecule has 0 heterocycles. The standard InChI is InChI=1S/C12H17FO.C3H8O2/c1-9(2)4-5-10-8-11(13)6-7-12(10)14-3;1-5-3-2-4/h6-9H,4-5H2,1-3H3;4H,2-3H2,1H3. The van der Waals surface area contributed by atoms with Crippen LogP contribution in [0.2, 0.25) is 0 Å². The first-order valence-corrected chi connectivity index (χ1v) is 6.47. The fraction of sp³-hybridized carbons (Fsp3) is 0.600.